The number of amides is 2. The molecule has 11 heteroatoms. The van der Waals surface area contributed by atoms with Crippen molar-refractivity contribution in [1.82, 2.24) is 5.32 Å². The molecule has 1 heterocycles. The second-order valence-corrected chi connectivity index (χ2v) is 3.94. The van der Waals surface area contributed by atoms with Crippen LogP contribution in [-0.4, -0.2) is 11.8 Å². The number of carbonyl (C=O) groups is 2. The zero-order valence-corrected chi connectivity index (χ0v) is 11.6. The first kappa shape index (κ1) is 14.1. The van der Waals surface area contributed by atoms with Gasteiger partial charge in [0, 0.05) is 47.1 Å². The highest BCUT2D eigenvalue weighted by molar-refractivity contribution is 6.22. The van der Waals surface area contributed by atoms with Gasteiger partial charge in [0.15, 0.2) is 0 Å². The number of nitrogens with one attached hydrogen (secondary N) is 1. The Morgan fingerprint density at radius 2 is 0.947 bits per heavy atom. The van der Waals surface area contributed by atoms with Crippen molar-refractivity contribution in [3.05, 3.63) is 32.6 Å². The number of nitrogens with zero attached hydrogens (tertiary/aromatic N) is 4. The number of fused-ring (bicyclic) bond motifs is 1. The predicted octanol–water partition coefficient (Wildman–Crippen LogP) is -0.336. The highest BCUT2D eigenvalue weighted by Gasteiger charge is 2.32. The second kappa shape index (κ2) is 5.38. The molecule has 0 radical (unpaired) electrons. The molecule has 2 amide bonds. The van der Waals surface area contributed by atoms with Crippen molar-refractivity contribution >= 4 is 58.9 Å². The molecule has 1 aromatic carbocycles. The number of carbonyl (C=O) groups excluding carboxylic acids is 2. The van der Waals surface area contributed by atoms with Crippen LogP contribution in [0.5, 0.6) is 0 Å². The first-order valence-corrected chi connectivity index (χ1v) is 5.83. The predicted molar refractivity (Wildman–Crippen MR) is 66.3 cm³/mol. The molecule has 0 aliphatic carbocycles. The zero-order valence-electron chi connectivity index (χ0n) is 8.62. The molecule has 1 aliphatic rings. The van der Waals surface area contributed by atoms with Gasteiger partial charge in [-0.1, -0.05) is 0 Å². The Bertz CT molecular complexity index is 765. The number of halogens is 4. The number of hydrogen-bond acceptors (Lipinski definition) is 6. The summed E-state index contributed by atoms with van der Waals surface area (Å²) in [4.78, 5) is 23.4. The van der Waals surface area contributed by atoms with Crippen LogP contribution in [0.1, 0.15) is 20.7 Å². The van der Waals surface area contributed by atoms with Crippen LogP contribution >= 0.6 is 47.1 Å². The van der Waals surface area contributed by atoms with Crippen LogP contribution in [0.4, 0.5) is 0 Å². The van der Waals surface area contributed by atoms with E-state index in [1.165, 1.54) is 0 Å². The van der Waals surface area contributed by atoms with Crippen LogP contribution in [-0.2, 0) is 0 Å². The Labute approximate surface area is 124 Å². The molecule has 0 unspecified atom stereocenters. The van der Waals surface area contributed by atoms with Crippen LogP contribution in [0.25, 0.3) is 0 Å². The Morgan fingerprint density at radius 1 is 0.632 bits per heavy atom. The zero-order chi connectivity index (χ0) is 14.2. The van der Waals surface area contributed by atoms with Crippen molar-refractivity contribution in [2.24, 2.45) is 18.0 Å². The van der Waals surface area contributed by atoms with Gasteiger partial charge in [0.1, 0.15) is 21.4 Å². The molecule has 0 bridgehead atoms. The molecular formula is C8HCl4N5O2. The van der Waals surface area contributed by atoms with Gasteiger partial charge in [0.2, 0.25) is 0 Å². The lowest BCUT2D eigenvalue weighted by molar-refractivity contribution is 0.0879. The third-order valence-electron chi connectivity index (χ3n) is 2.42. The lowest BCUT2D eigenvalue weighted by atomic mass is 10.1. The minimum Gasteiger partial charge on any atom is -0.288 e. The molecular weight excluding hydrogens is 340 g/mol. The highest BCUT2D eigenvalue weighted by atomic mass is 35.5. The quantitative estimate of drug-likeness (QED) is 0.654. The van der Waals surface area contributed by atoms with Crippen molar-refractivity contribution < 1.29 is 9.59 Å². The molecule has 19 heavy (non-hydrogen) atoms. The van der Waals surface area contributed by atoms with E-state index >= 15 is 0 Å². The Morgan fingerprint density at radius 3 is 1.21 bits per heavy atom. The number of hydrogen-bond donors (Lipinski definition) is 1. The van der Waals surface area contributed by atoms with Crippen molar-refractivity contribution in [2.45, 2.75) is 0 Å². The third-order valence-corrected chi connectivity index (χ3v) is 3.09. The van der Waals surface area contributed by atoms with E-state index in [0.717, 1.165) is 0 Å². The molecule has 0 saturated carbocycles. The van der Waals surface area contributed by atoms with Crippen molar-refractivity contribution in [1.29, 1.82) is 0 Å². The van der Waals surface area contributed by atoms with Crippen LogP contribution in [0.15, 0.2) is 18.0 Å². The fourth-order valence-electron chi connectivity index (χ4n) is 1.69. The molecule has 98 valence electrons. The minimum absolute atomic E-state index is 0.116. The van der Waals surface area contributed by atoms with Gasteiger partial charge in [-0.2, -0.15) is 18.0 Å². The average Bonchev–Trinajstić information content (AvgIpc) is 2.71. The van der Waals surface area contributed by atoms with E-state index in [2.05, 4.69) is 18.0 Å². The van der Waals surface area contributed by atoms with Gasteiger partial charge in [-0.05, 0) is 0 Å². The molecule has 1 aliphatic heterocycles. The summed E-state index contributed by atoms with van der Waals surface area (Å²) in [5, 5.41) is 1.54. The van der Waals surface area contributed by atoms with Crippen molar-refractivity contribution in [3.8, 4) is 0 Å². The average molecular weight is 341 g/mol. The summed E-state index contributed by atoms with van der Waals surface area (Å²) in [5.41, 5.74) is -0.272. The standard InChI is InChI=1S/C8HCl4N5O2/c9-14-3-1-2(8(19)13-7(1)18)4(15-10)6(17-12)5(3)16-11/h(H,13,18,19). The van der Waals surface area contributed by atoms with E-state index in [1.807, 2.05) is 5.32 Å². The first-order chi connectivity index (χ1) is 9.10. The normalized spacial score (nSPS) is 18.3. The Balaban J connectivity index is 3.33. The maximum absolute atomic E-state index is 11.7. The molecule has 2 rings (SSSR count). The smallest absolute Gasteiger partial charge is 0.261 e. The summed E-state index contributed by atoms with van der Waals surface area (Å²) >= 11 is 21.6. The molecule has 1 aromatic rings. The van der Waals surface area contributed by atoms with Crippen molar-refractivity contribution in [2.75, 3.05) is 0 Å². The Hall–Kier alpha value is -1.28. The van der Waals surface area contributed by atoms with Gasteiger partial charge in [0.05, 0.1) is 11.1 Å². The molecule has 0 atom stereocenters. The van der Waals surface area contributed by atoms with Crippen LogP contribution in [0, 0.1) is 0 Å². The monoisotopic (exact) mass is 339 g/mol. The summed E-state index contributed by atoms with van der Waals surface area (Å²) in [7, 11) is 0. The molecule has 0 fully saturated rings. The number of rotatable bonds is 0. The SMILES string of the molecule is O=C1NC(=O)c2c1c(=NCl)c(=NCl)c(=NCl)c2=NCl. The summed E-state index contributed by atoms with van der Waals surface area (Å²) < 4.78 is 13.4. The van der Waals surface area contributed by atoms with E-state index < -0.39 is 11.8 Å². The first-order valence-electron chi connectivity index (χ1n) is 4.48. The number of benzene rings is 1. The third kappa shape index (κ3) is 1.99. The lowest BCUT2D eigenvalue weighted by Crippen LogP contribution is -2.51. The topological polar surface area (TPSA) is 95.6 Å². The van der Waals surface area contributed by atoms with Gasteiger partial charge in [-0.15, -0.1) is 0 Å². The van der Waals surface area contributed by atoms with Gasteiger partial charge in [0.25, 0.3) is 11.8 Å². The maximum Gasteiger partial charge on any atom is 0.261 e. The lowest BCUT2D eigenvalue weighted by Gasteiger charge is -1.96. The van der Waals surface area contributed by atoms with Gasteiger partial charge >= 0.3 is 0 Å². The summed E-state index contributed by atoms with van der Waals surface area (Å²) in [5.74, 6) is -1.44. The molecule has 1 N–H and O–H groups in total. The Kier molecular flexibility index (Phi) is 4.00. The fourth-order valence-corrected chi connectivity index (χ4v) is 2.34. The summed E-state index contributed by atoms with van der Waals surface area (Å²) in [6.07, 6.45) is 0. The van der Waals surface area contributed by atoms with E-state index in [-0.39, 0.29) is 32.6 Å². The van der Waals surface area contributed by atoms with Crippen LogP contribution < -0.4 is 26.7 Å². The minimum atomic E-state index is -0.719. The highest BCUT2D eigenvalue weighted by Crippen LogP contribution is 2.05. The van der Waals surface area contributed by atoms with E-state index in [1.54, 1.807) is 0 Å². The van der Waals surface area contributed by atoms with E-state index in [4.69, 9.17) is 47.1 Å². The fraction of sp³-hybridized carbons (Fsp3) is 0. The molecule has 0 aromatic heterocycles. The summed E-state index contributed by atoms with van der Waals surface area (Å²) in [6, 6.07) is 0. The summed E-state index contributed by atoms with van der Waals surface area (Å²) in [6.45, 7) is 0. The molecule has 0 saturated heterocycles. The van der Waals surface area contributed by atoms with Gasteiger partial charge < -0.3 is 0 Å². The van der Waals surface area contributed by atoms with Crippen molar-refractivity contribution in [3.63, 3.8) is 0 Å². The largest absolute Gasteiger partial charge is 0.288 e. The van der Waals surface area contributed by atoms with Crippen LogP contribution in [0.3, 0.4) is 0 Å². The number of imide groups is 1. The molecule has 7 nitrogen and oxygen atoms in total. The van der Waals surface area contributed by atoms with E-state index in [0.29, 0.717) is 0 Å². The van der Waals surface area contributed by atoms with Gasteiger partial charge in [-0.25, -0.2) is 0 Å². The van der Waals surface area contributed by atoms with Gasteiger partial charge in [-0.3, -0.25) is 14.9 Å². The molecule has 0 spiro atoms. The maximum atomic E-state index is 11.7. The second-order valence-electron chi connectivity index (χ2n) is 3.27. The van der Waals surface area contributed by atoms with Crippen LogP contribution in [0.2, 0.25) is 0 Å². The van der Waals surface area contributed by atoms with E-state index in [9.17, 15) is 9.59 Å².